The van der Waals surface area contributed by atoms with Gasteiger partial charge < -0.3 is 19.5 Å². The molecule has 20 heavy (non-hydrogen) atoms. The van der Waals surface area contributed by atoms with Crippen LogP contribution in [0.25, 0.3) is 0 Å². The maximum absolute atomic E-state index is 5.36. The number of hydrogen-bond acceptors (Lipinski definition) is 4. The highest BCUT2D eigenvalue weighted by molar-refractivity contribution is 5.43. The van der Waals surface area contributed by atoms with Crippen molar-refractivity contribution in [1.82, 2.24) is 5.32 Å². The minimum absolute atomic E-state index is 0.330. The summed E-state index contributed by atoms with van der Waals surface area (Å²) in [6.45, 7) is 6.74. The highest BCUT2D eigenvalue weighted by Crippen LogP contribution is 2.30. The van der Waals surface area contributed by atoms with Crippen LogP contribution in [0.1, 0.15) is 38.3 Å². The Labute approximate surface area is 122 Å². The third-order valence-corrected chi connectivity index (χ3v) is 3.28. The summed E-state index contributed by atoms with van der Waals surface area (Å²) in [5.41, 5.74) is 1.22. The van der Waals surface area contributed by atoms with Gasteiger partial charge in [0.15, 0.2) is 11.5 Å². The Hall–Kier alpha value is -1.26. The van der Waals surface area contributed by atoms with Gasteiger partial charge in [0, 0.05) is 19.3 Å². The molecule has 114 valence electrons. The molecule has 1 atom stereocenters. The SMILES string of the molecule is CCOCCCNC(CC)c1ccc(OC)c(OC)c1. The molecule has 0 radical (unpaired) electrons. The summed E-state index contributed by atoms with van der Waals surface area (Å²) in [6, 6.07) is 6.42. The molecular weight excluding hydrogens is 254 g/mol. The Morgan fingerprint density at radius 3 is 2.45 bits per heavy atom. The first-order valence-electron chi connectivity index (χ1n) is 7.29. The smallest absolute Gasteiger partial charge is 0.161 e. The van der Waals surface area contributed by atoms with Crippen LogP contribution in [0.2, 0.25) is 0 Å². The van der Waals surface area contributed by atoms with Crippen molar-refractivity contribution in [2.75, 3.05) is 34.0 Å². The molecule has 1 aromatic carbocycles. The summed E-state index contributed by atoms with van der Waals surface area (Å²) in [7, 11) is 3.32. The van der Waals surface area contributed by atoms with Crippen molar-refractivity contribution in [3.05, 3.63) is 23.8 Å². The zero-order valence-electron chi connectivity index (χ0n) is 13.1. The predicted molar refractivity (Wildman–Crippen MR) is 81.7 cm³/mol. The minimum atomic E-state index is 0.330. The second-order valence-electron chi connectivity index (χ2n) is 4.58. The first kappa shape index (κ1) is 16.8. The zero-order chi connectivity index (χ0) is 14.8. The van der Waals surface area contributed by atoms with Crippen LogP contribution in [0.15, 0.2) is 18.2 Å². The van der Waals surface area contributed by atoms with E-state index in [9.17, 15) is 0 Å². The summed E-state index contributed by atoms with van der Waals surface area (Å²) in [4.78, 5) is 0. The summed E-state index contributed by atoms with van der Waals surface area (Å²) < 4.78 is 16.0. The van der Waals surface area contributed by atoms with Gasteiger partial charge in [0.2, 0.25) is 0 Å². The van der Waals surface area contributed by atoms with E-state index in [0.717, 1.165) is 44.1 Å². The standard InChI is InChI=1S/C16H27NO3/c1-5-14(17-10-7-11-20-6-2)13-8-9-15(18-3)16(12-13)19-4/h8-9,12,14,17H,5-7,10-11H2,1-4H3. The minimum Gasteiger partial charge on any atom is -0.493 e. The fourth-order valence-corrected chi connectivity index (χ4v) is 2.16. The number of benzene rings is 1. The highest BCUT2D eigenvalue weighted by Gasteiger charge is 2.12. The van der Waals surface area contributed by atoms with Crippen LogP contribution >= 0.6 is 0 Å². The maximum atomic E-state index is 5.36. The first-order chi connectivity index (χ1) is 9.76. The van der Waals surface area contributed by atoms with Crippen LogP contribution in [0, 0.1) is 0 Å². The number of methoxy groups -OCH3 is 2. The third kappa shape index (κ3) is 5.02. The van der Waals surface area contributed by atoms with Gasteiger partial charge in [0.25, 0.3) is 0 Å². The molecule has 0 aromatic heterocycles. The van der Waals surface area contributed by atoms with Crippen molar-refractivity contribution < 1.29 is 14.2 Å². The number of hydrogen-bond donors (Lipinski definition) is 1. The largest absolute Gasteiger partial charge is 0.493 e. The maximum Gasteiger partial charge on any atom is 0.161 e. The van der Waals surface area contributed by atoms with Crippen molar-refractivity contribution in [2.45, 2.75) is 32.7 Å². The molecule has 4 nitrogen and oxygen atoms in total. The van der Waals surface area contributed by atoms with Crippen LogP contribution in [-0.4, -0.2) is 34.0 Å². The van der Waals surface area contributed by atoms with Crippen molar-refractivity contribution in [3.8, 4) is 11.5 Å². The van der Waals surface area contributed by atoms with E-state index in [1.807, 2.05) is 19.1 Å². The normalized spacial score (nSPS) is 12.2. The molecule has 0 aliphatic carbocycles. The average molecular weight is 281 g/mol. The molecule has 0 aliphatic rings. The van der Waals surface area contributed by atoms with Crippen LogP contribution < -0.4 is 14.8 Å². The Balaban J connectivity index is 2.60. The Bertz CT molecular complexity index is 382. The molecule has 0 saturated heterocycles. The van der Waals surface area contributed by atoms with Gasteiger partial charge in [-0.3, -0.25) is 0 Å². The molecule has 0 saturated carbocycles. The van der Waals surface area contributed by atoms with Gasteiger partial charge in [0.05, 0.1) is 14.2 Å². The first-order valence-corrected chi connectivity index (χ1v) is 7.29. The van der Waals surface area contributed by atoms with Crippen LogP contribution in [-0.2, 0) is 4.74 Å². The van der Waals surface area contributed by atoms with E-state index in [1.165, 1.54) is 5.56 Å². The monoisotopic (exact) mass is 281 g/mol. The van der Waals surface area contributed by atoms with Gasteiger partial charge >= 0.3 is 0 Å². The van der Waals surface area contributed by atoms with Crippen molar-refractivity contribution >= 4 is 0 Å². The second-order valence-corrected chi connectivity index (χ2v) is 4.58. The Morgan fingerprint density at radius 2 is 1.85 bits per heavy atom. The topological polar surface area (TPSA) is 39.7 Å². The second kappa shape index (κ2) is 9.61. The lowest BCUT2D eigenvalue weighted by atomic mass is 10.0. The summed E-state index contributed by atoms with van der Waals surface area (Å²) in [6.07, 6.45) is 2.06. The van der Waals surface area contributed by atoms with Crippen molar-refractivity contribution in [2.24, 2.45) is 0 Å². The molecule has 0 spiro atoms. The number of rotatable bonds is 10. The molecule has 0 fully saturated rings. The van der Waals surface area contributed by atoms with E-state index in [1.54, 1.807) is 14.2 Å². The Morgan fingerprint density at radius 1 is 1.10 bits per heavy atom. The molecule has 1 unspecified atom stereocenters. The van der Waals surface area contributed by atoms with E-state index in [2.05, 4.69) is 18.3 Å². The molecule has 0 bridgehead atoms. The molecule has 4 heteroatoms. The summed E-state index contributed by atoms with van der Waals surface area (Å²) in [5, 5.41) is 3.56. The Kier molecular flexibility index (Phi) is 8.07. The fraction of sp³-hybridized carbons (Fsp3) is 0.625. The quantitative estimate of drug-likeness (QED) is 0.669. The molecule has 1 aromatic rings. The fourth-order valence-electron chi connectivity index (χ4n) is 2.16. The van der Waals surface area contributed by atoms with Gasteiger partial charge in [-0.25, -0.2) is 0 Å². The van der Waals surface area contributed by atoms with E-state index in [-0.39, 0.29) is 0 Å². The van der Waals surface area contributed by atoms with E-state index < -0.39 is 0 Å². The predicted octanol–water partition coefficient (Wildman–Crippen LogP) is 3.17. The van der Waals surface area contributed by atoms with Gasteiger partial charge in [0.1, 0.15) is 0 Å². The number of ether oxygens (including phenoxy) is 3. The van der Waals surface area contributed by atoms with Crippen LogP contribution in [0.3, 0.4) is 0 Å². The zero-order valence-corrected chi connectivity index (χ0v) is 13.1. The molecular formula is C16H27NO3. The highest BCUT2D eigenvalue weighted by atomic mass is 16.5. The molecule has 0 aliphatic heterocycles. The molecule has 1 rings (SSSR count). The van der Waals surface area contributed by atoms with E-state index in [0.29, 0.717) is 6.04 Å². The van der Waals surface area contributed by atoms with E-state index >= 15 is 0 Å². The molecule has 1 N–H and O–H groups in total. The van der Waals surface area contributed by atoms with Crippen molar-refractivity contribution in [3.63, 3.8) is 0 Å². The average Bonchev–Trinajstić information content (AvgIpc) is 2.50. The number of nitrogens with one attached hydrogen (secondary N) is 1. The lowest BCUT2D eigenvalue weighted by molar-refractivity contribution is 0.144. The van der Waals surface area contributed by atoms with Crippen molar-refractivity contribution in [1.29, 1.82) is 0 Å². The van der Waals surface area contributed by atoms with Gasteiger partial charge in [-0.05, 0) is 44.0 Å². The lowest BCUT2D eigenvalue weighted by Crippen LogP contribution is -2.23. The van der Waals surface area contributed by atoms with Gasteiger partial charge in [-0.1, -0.05) is 13.0 Å². The van der Waals surface area contributed by atoms with Crippen LogP contribution in [0.4, 0.5) is 0 Å². The molecule has 0 heterocycles. The van der Waals surface area contributed by atoms with Gasteiger partial charge in [-0.15, -0.1) is 0 Å². The van der Waals surface area contributed by atoms with E-state index in [4.69, 9.17) is 14.2 Å². The summed E-state index contributed by atoms with van der Waals surface area (Å²) in [5.74, 6) is 1.54. The third-order valence-electron chi connectivity index (χ3n) is 3.28. The lowest BCUT2D eigenvalue weighted by Gasteiger charge is -2.19. The molecule has 0 amide bonds. The van der Waals surface area contributed by atoms with Crippen LogP contribution in [0.5, 0.6) is 11.5 Å². The summed E-state index contributed by atoms with van der Waals surface area (Å²) >= 11 is 0. The van der Waals surface area contributed by atoms with Gasteiger partial charge in [-0.2, -0.15) is 0 Å².